The molecule has 0 fully saturated rings. The molecule has 0 aliphatic rings. The molecule has 2 rings (SSSR count). The van der Waals surface area contributed by atoms with E-state index in [1.807, 2.05) is 18.2 Å². The molecule has 0 unspecified atom stereocenters. The summed E-state index contributed by atoms with van der Waals surface area (Å²) in [5.74, 6) is 0.423. The molecular weight excluding hydrogens is 346 g/mol. The first-order valence-corrected chi connectivity index (χ1v) is 9.78. The third-order valence-corrected chi connectivity index (χ3v) is 4.67. The number of unbranched alkanes of at least 4 members (excludes halogenated alkanes) is 5. The molecule has 6 nitrogen and oxygen atoms in total. The number of rotatable bonds is 13. The number of nitrogens with one attached hydrogen (secondary N) is 1. The van der Waals surface area contributed by atoms with Crippen LogP contribution in [0.4, 0.5) is 0 Å². The van der Waals surface area contributed by atoms with Crippen molar-refractivity contribution in [2.45, 2.75) is 51.4 Å². The van der Waals surface area contributed by atoms with Gasteiger partial charge in [-0.2, -0.15) is 0 Å². The van der Waals surface area contributed by atoms with Crippen LogP contribution in [0.2, 0.25) is 0 Å². The van der Waals surface area contributed by atoms with E-state index < -0.39 is 0 Å². The van der Waals surface area contributed by atoms with E-state index >= 15 is 0 Å². The molecule has 0 spiro atoms. The first-order chi connectivity index (χ1) is 13.2. The van der Waals surface area contributed by atoms with E-state index in [0.29, 0.717) is 12.3 Å². The second-order valence-corrected chi connectivity index (χ2v) is 6.70. The number of carbonyl (C=O) groups is 1. The maximum atomic E-state index is 12.2. The van der Waals surface area contributed by atoms with Gasteiger partial charge in [0, 0.05) is 24.1 Å². The summed E-state index contributed by atoms with van der Waals surface area (Å²) in [6.45, 7) is 1.04. The van der Waals surface area contributed by atoms with E-state index in [-0.39, 0.29) is 19.2 Å². The number of H-pyrrole nitrogens is 1. The molecule has 1 aromatic carbocycles. The van der Waals surface area contributed by atoms with Gasteiger partial charge in [0.25, 0.3) is 0 Å². The van der Waals surface area contributed by atoms with Gasteiger partial charge in [-0.1, -0.05) is 12.8 Å². The normalized spacial score (nSPS) is 11.1. The van der Waals surface area contributed by atoms with Crippen molar-refractivity contribution >= 4 is 16.9 Å². The minimum absolute atomic E-state index is 0.216. The summed E-state index contributed by atoms with van der Waals surface area (Å²) in [5.41, 5.74) is 2.37. The number of carbonyl (C=O) groups excluding carboxylic acids is 1. The Morgan fingerprint density at radius 1 is 1.00 bits per heavy atom. The van der Waals surface area contributed by atoms with Crippen molar-refractivity contribution in [2.75, 3.05) is 26.9 Å². The Morgan fingerprint density at radius 3 is 2.41 bits per heavy atom. The Balaban J connectivity index is 2.12. The molecule has 1 aromatic heterocycles. The fraction of sp³-hybridized carbons (Fsp3) is 0.571. The molecule has 6 heteroatoms. The van der Waals surface area contributed by atoms with Gasteiger partial charge in [-0.3, -0.25) is 0 Å². The average molecular weight is 377 g/mol. The predicted molar refractivity (Wildman–Crippen MR) is 105 cm³/mol. The summed E-state index contributed by atoms with van der Waals surface area (Å²) in [5, 5.41) is 18.7. The lowest BCUT2D eigenvalue weighted by molar-refractivity contribution is 0.0594. The van der Waals surface area contributed by atoms with Gasteiger partial charge in [0.2, 0.25) is 0 Å². The van der Waals surface area contributed by atoms with Crippen molar-refractivity contribution < 1.29 is 24.5 Å². The van der Waals surface area contributed by atoms with Crippen molar-refractivity contribution in [3.63, 3.8) is 0 Å². The van der Waals surface area contributed by atoms with Crippen LogP contribution in [0.15, 0.2) is 18.2 Å². The van der Waals surface area contributed by atoms with Crippen LogP contribution in [0.5, 0.6) is 5.75 Å². The number of methoxy groups -OCH3 is 1. The van der Waals surface area contributed by atoms with Crippen LogP contribution < -0.4 is 4.74 Å². The number of fused-ring (bicyclic) bond motifs is 1. The highest BCUT2D eigenvalue weighted by Gasteiger charge is 2.18. The van der Waals surface area contributed by atoms with Crippen LogP contribution >= 0.6 is 0 Å². The zero-order valence-electron chi connectivity index (χ0n) is 16.1. The third kappa shape index (κ3) is 6.26. The van der Waals surface area contributed by atoms with Gasteiger partial charge in [0.15, 0.2) is 0 Å². The molecule has 27 heavy (non-hydrogen) atoms. The minimum atomic E-state index is -0.358. The predicted octanol–water partition coefficient (Wildman–Crippen LogP) is 3.59. The fourth-order valence-electron chi connectivity index (χ4n) is 3.20. The Kier molecular flexibility index (Phi) is 9.15. The molecular formula is C21H31NO5. The van der Waals surface area contributed by atoms with Crippen molar-refractivity contribution in [3.8, 4) is 5.75 Å². The lowest BCUT2D eigenvalue weighted by atomic mass is 10.0. The number of aliphatic hydroxyl groups excluding tert-OH is 2. The number of hydrogen-bond acceptors (Lipinski definition) is 5. The standard InChI is InChI=1S/C21H31NO5/c1-26-21(25)20-17(9-5-2-3-6-12-23)18-15-16(10-11-19(18)22-20)27-14-8-4-7-13-24/h10-11,15,22-24H,2-9,12-14H2,1H3. The van der Waals surface area contributed by atoms with Gasteiger partial charge < -0.3 is 24.7 Å². The Bertz CT molecular complexity index is 710. The molecule has 0 radical (unpaired) electrons. The van der Waals surface area contributed by atoms with Crippen LogP contribution in [-0.2, 0) is 11.2 Å². The van der Waals surface area contributed by atoms with Gasteiger partial charge in [-0.25, -0.2) is 4.79 Å². The smallest absolute Gasteiger partial charge is 0.354 e. The largest absolute Gasteiger partial charge is 0.494 e. The quantitative estimate of drug-likeness (QED) is 0.366. The maximum absolute atomic E-state index is 12.2. The van der Waals surface area contributed by atoms with Crippen LogP contribution in [0.3, 0.4) is 0 Å². The first-order valence-electron chi connectivity index (χ1n) is 9.78. The molecule has 0 aliphatic heterocycles. The van der Waals surface area contributed by atoms with Gasteiger partial charge in [-0.15, -0.1) is 0 Å². The van der Waals surface area contributed by atoms with Crippen molar-refractivity contribution in [2.24, 2.45) is 0 Å². The molecule has 0 saturated heterocycles. The number of hydrogen-bond donors (Lipinski definition) is 3. The van der Waals surface area contributed by atoms with Crippen LogP contribution in [0, 0.1) is 0 Å². The number of aryl methyl sites for hydroxylation is 1. The zero-order chi connectivity index (χ0) is 19.5. The second kappa shape index (κ2) is 11.6. The number of ether oxygens (including phenoxy) is 2. The van der Waals surface area contributed by atoms with Crippen LogP contribution in [-0.4, -0.2) is 48.1 Å². The molecule has 3 N–H and O–H groups in total. The molecule has 0 aliphatic carbocycles. The summed E-state index contributed by atoms with van der Waals surface area (Å²) in [6.07, 6.45) is 7.16. The number of benzene rings is 1. The van der Waals surface area contributed by atoms with Gasteiger partial charge >= 0.3 is 5.97 Å². The van der Waals surface area contributed by atoms with Gasteiger partial charge in [0.05, 0.1) is 13.7 Å². The van der Waals surface area contributed by atoms with E-state index in [9.17, 15) is 4.79 Å². The highest BCUT2D eigenvalue weighted by atomic mass is 16.5. The number of aliphatic hydroxyl groups is 2. The topological polar surface area (TPSA) is 91.8 Å². The van der Waals surface area contributed by atoms with Crippen molar-refractivity contribution in [1.29, 1.82) is 0 Å². The Labute approximate surface area is 160 Å². The summed E-state index contributed by atoms with van der Waals surface area (Å²) >= 11 is 0. The van der Waals surface area contributed by atoms with E-state index in [4.69, 9.17) is 19.7 Å². The lowest BCUT2D eigenvalue weighted by Crippen LogP contribution is -2.05. The van der Waals surface area contributed by atoms with Crippen LogP contribution in [0.25, 0.3) is 10.9 Å². The first kappa shape index (κ1) is 21.3. The molecule has 0 amide bonds. The Hall–Kier alpha value is -2.05. The summed E-state index contributed by atoms with van der Waals surface area (Å²) in [4.78, 5) is 15.3. The van der Waals surface area contributed by atoms with E-state index in [0.717, 1.165) is 73.6 Å². The Morgan fingerprint density at radius 2 is 1.70 bits per heavy atom. The van der Waals surface area contributed by atoms with Gasteiger partial charge in [-0.05, 0) is 62.3 Å². The zero-order valence-corrected chi connectivity index (χ0v) is 16.1. The van der Waals surface area contributed by atoms with Crippen molar-refractivity contribution in [1.82, 2.24) is 4.98 Å². The second-order valence-electron chi connectivity index (χ2n) is 6.70. The summed E-state index contributed by atoms with van der Waals surface area (Å²) in [6, 6.07) is 5.81. The molecule has 1 heterocycles. The molecule has 2 aromatic rings. The average Bonchev–Trinajstić information content (AvgIpc) is 3.05. The third-order valence-electron chi connectivity index (χ3n) is 4.67. The SMILES string of the molecule is COC(=O)c1[nH]c2ccc(OCCCCCO)cc2c1CCCCCCO. The van der Waals surface area contributed by atoms with Crippen LogP contribution in [0.1, 0.15) is 61.0 Å². The highest BCUT2D eigenvalue weighted by Crippen LogP contribution is 2.29. The fourth-order valence-corrected chi connectivity index (χ4v) is 3.20. The molecule has 0 saturated carbocycles. The number of aromatic nitrogens is 1. The van der Waals surface area contributed by atoms with E-state index in [1.54, 1.807) is 0 Å². The summed E-state index contributed by atoms with van der Waals surface area (Å²) in [7, 11) is 1.39. The monoisotopic (exact) mass is 377 g/mol. The minimum Gasteiger partial charge on any atom is -0.494 e. The number of aromatic amines is 1. The van der Waals surface area contributed by atoms with E-state index in [2.05, 4.69) is 4.98 Å². The number of esters is 1. The van der Waals surface area contributed by atoms with E-state index in [1.165, 1.54) is 7.11 Å². The lowest BCUT2D eigenvalue weighted by Gasteiger charge is -2.07. The molecule has 150 valence electrons. The van der Waals surface area contributed by atoms with Gasteiger partial charge in [0.1, 0.15) is 11.4 Å². The molecule has 0 atom stereocenters. The highest BCUT2D eigenvalue weighted by molar-refractivity contribution is 5.98. The van der Waals surface area contributed by atoms with Crippen molar-refractivity contribution in [3.05, 3.63) is 29.5 Å². The maximum Gasteiger partial charge on any atom is 0.354 e. The summed E-state index contributed by atoms with van der Waals surface area (Å²) < 4.78 is 10.8. The molecule has 0 bridgehead atoms.